The van der Waals surface area contributed by atoms with Gasteiger partial charge in [-0.15, -0.1) is 11.3 Å². The summed E-state index contributed by atoms with van der Waals surface area (Å²) in [6.45, 7) is 6.22. The second kappa shape index (κ2) is 6.13. The highest BCUT2D eigenvalue weighted by Gasteiger charge is 2.11. The summed E-state index contributed by atoms with van der Waals surface area (Å²) in [5, 5.41) is 11.3. The third kappa shape index (κ3) is 2.90. The summed E-state index contributed by atoms with van der Waals surface area (Å²) in [7, 11) is 0. The lowest BCUT2D eigenvalue weighted by Gasteiger charge is -2.02. The highest BCUT2D eigenvalue weighted by molar-refractivity contribution is 7.17. The van der Waals surface area contributed by atoms with E-state index in [1.54, 1.807) is 18.3 Å². The smallest absolute Gasteiger partial charge is 0.141 e. The maximum absolute atomic E-state index is 7.57. The molecule has 0 aromatic carbocycles. The molecule has 2 aromatic heterocycles. The summed E-state index contributed by atoms with van der Waals surface area (Å²) in [5.41, 5.74) is 1.24. The minimum atomic E-state index is 0.250. The van der Waals surface area contributed by atoms with Crippen molar-refractivity contribution >= 4 is 33.2 Å². The highest BCUT2D eigenvalue weighted by Crippen LogP contribution is 2.33. The van der Waals surface area contributed by atoms with E-state index < -0.39 is 0 Å². The fourth-order valence-electron chi connectivity index (χ4n) is 1.28. The van der Waals surface area contributed by atoms with Gasteiger partial charge in [-0.05, 0) is 23.8 Å². The van der Waals surface area contributed by atoms with Gasteiger partial charge in [-0.1, -0.05) is 25.4 Å². The fourth-order valence-corrected chi connectivity index (χ4v) is 2.65. The number of hydrogen-bond acceptors (Lipinski definition) is 4. The Morgan fingerprint density at radius 3 is 2.62 bits per heavy atom. The number of fused-ring (bicyclic) bond motifs is 1. The van der Waals surface area contributed by atoms with Crippen LogP contribution in [0.25, 0.3) is 10.2 Å². The number of thiophene rings is 1. The Kier molecular flexibility index (Phi) is 5.12. The van der Waals surface area contributed by atoms with Gasteiger partial charge >= 0.3 is 0 Å². The molecule has 0 fully saturated rings. The molecule has 0 unspecified atom stereocenters. The first-order valence-electron chi connectivity index (χ1n) is 5.10. The van der Waals surface area contributed by atoms with Gasteiger partial charge in [0.2, 0.25) is 0 Å². The molecule has 2 rings (SSSR count). The van der Waals surface area contributed by atoms with E-state index in [4.69, 9.17) is 16.7 Å². The van der Waals surface area contributed by atoms with Crippen LogP contribution in [0.5, 0.6) is 0 Å². The third-order valence-electron chi connectivity index (χ3n) is 1.97. The van der Waals surface area contributed by atoms with Crippen LogP contribution < -0.4 is 0 Å². The molecule has 0 bridgehead atoms. The van der Waals surface area contributed by atoms with Crippen molar-refractivity contribution in [3.8, 4) is 0 Å². The quantitative estimate of drug-likeness (QED) is 0.797. The number of halogens is 1. The summed E-state index contributed by atoms with van der Waals surface area (Å²) in [5.74, 6) is 0.470. The molecule has 2 heterocycles. The molecule has 0 aliphatic rings. The summed E-state index contributed by atoms with van der Waals surface area (Å²) in [4.78, 5) is 9.13. The van der Waals surface area contributed by atoms with Crippen molar-refractivity contribution in [3.05, 3.63) is 22.4 Å². The van der Waals surface area contributed by atoms with E-state index in [1.807, 2.05) is 0 Å². The van der Waals surface area contributed by atoms with Crippen molar-refractivity contribution in [2.24, 2.45) is 0 Å². The first-order valence-corrected chi connectivity index (χ1v) is 6.36. The molecule has 3 nitrogen and oxygen atoms in total. The number of aliphatic hydroxyl groups is 1. The van der Waals surface area contributed by atoms with Gasteiger partial charge in [0.1, 0.15) is 16.3 Å². The lowest BCUT2D eigenvalue weighted by molar-refractivity contribution is 0.318. The maximum atomic E-state index is 7.57. The molecule has 0 aliphatic heterocycles. The molecule has 88 valence electrons. The van der Waals surface area contributed by atoms with E-state index in [0.717, 1.165) is 10.2 Å². The van der Waals surface area contributed by atoms with Crippen LogP contribution >= 0.6 is 22.9 Å². The predicted octanol–water partition coefficient (Wildman–Crippen LogP) is 3.47. The lowest BCUT2D eigenvalue weighted by atomic mass is 10.1. The van der Waals surface area contributed by atoms with Crippen molar-refractivity contribution in [1.82, 2.24) is 9.97 Å². The molecule has 0 amide bonds. The standard InChI is InChI=1S/C9H9ClN2S.C2H6O/c1-5(2)6-3-13-9-7(6)8(10)11-4-12-9;1-2-3/h3-5H,1-2H3;3H,2H2,1H3. The highest BCUT2D eigenvalue weighted by atomic mass is 35.5. The van der Waals surface area contributed by atoms with Gasteiger partial charge in [0.25, 0.3) is 0 Å². The van der Waals surface area contributed by atoms with Crippen molar-refractivity contribution in [3.63, 3.8) is 0 Å². The van der Waals surface area contributed by atoms with Crippen LogP contribution in [0, 0.1) is 0 Å². The first kappa shape index (κ1) is 13.4. The van der Waals surface area contributed by atoms with Crippen molar-refractivity contribution in [2.45, 2.75) is 26.7 Å². The van der Waals surface area contributed by atoms with E-state index in [0.29, 0.717) is 11.1 Å². The Bertz CT molecular complexity index is 456. The van der Waals surface area contributed by atoms with Crippen LogP contribution in [-0.2, 0) is 0 Å². The summed E-state index contributed by atoms with van der Waals surface area (Å²) >= 11 is 7.62. The number of rotatable bonds is 1. The average Bonchev–Trinajstić information content (AvgIpc) is 2.64. The third-order valence-corrected chi connectivity index (χ3v) is 3.17. The monoisotopic (exact) mass is 258 g/mol. The SMILES string of the molecule is CC(C)c1csc2ncnc(Cl)c12.CCO. The number of hydrogen-bond donors (Lipinski definition) is 1. The topological polar surface area (TPSA) is 46.0 Å². The molecular formula is C11H15ClN2OS. The van der Waals surface area contributed by atoms with Gasteiger partial charge in [0.15, 0.2) is 0 Å². The lowest BCUT2D eigenvalue weighted by Crippen LogP contribution is -1.87. The number of aromatic nitrogens is 2. The predicted molar refractivity (Wildman–Crippen MR) is 69.3 cm³/mol. The number of aliphatic hydroxyl groups excluding tert-OH is 1. The maximum Gasteiger partial charge on any atom is 0.141 e. The molecule has 0 saturated heterocycles. The van der Waals surface area contributed by atoms with Gasteiger partial charge in [-0.3, -0.25) is 0 Å². The minimum Gasteiger partial charge on any atom is -0.397 e. The molecule has 16 heavy (non-hydrogen) atoms. The molecule has 5 heteroatoms. The number of nitrogens with zero attached hydrogens (tertiary/aromatic N) is 2. The van der Waals surface area contributed by atoms with Crippen molar-refractivity contribution in [2.75, 3.05) is 6.61 Å². The van der Waals surface area contributed by atoms with Crippen LogP contribution in [0.3, 0.4) is 0 Å². The van der Waals surface area contributed by atoms with E-state index in [9.17, 15) is 0 Å². The van der Waals surface area contributed by atoms with Crippen LogP contribution in [-0.4, -0.2) is 21.7 Å². The molecule has 1 N–H and O–H groups in total. The molecule has 0 spiro atoms. The molecular weight excluding hydrogens is 244 g/mol. The zero-order chi connectivity index (χ0) is 12.1. The van der Waals surface area contributed by atoms with Crippen LogP contribution in [0.4, 0.5) is 0 Å². The second-order valence-corrected chi connectivity index (χ2v) is 4.72. The Balaban J connectivity index is 0.000000386. The Hall–Kier alpha value is -0.710. The van der Waals surface area contributed by atoms with Gasteiger partial charge in [0.05, 0.1) is 5.39 Å². The van der Waals surface area contributed by atoms with Gasteiger partial charge in [0, 0.05) is 6.61 Å². The fraction of sp³-hybridized carbons (Fsp3) is 0.455. The minimum absolute atomic E-state index is 0.250. The van der Waals surface area contributed by atoms with Gasteiger partial charge < -0.3 is 5.11 Å². The zero-order valence-electron chi connectivity index (χ0n) is 9.57. The van der Waals surface area contributed by atoms with Gasteiger partial charge in [-0.25, -0.2) is 9.97 Å². The van der Waals surface area contributed by atoms with Crippen LogP contribution in [0.15, 0.2) is 11.7 Å². The Morgan fingerprint density at radius 1 is 1.44 bits per heavy atom. The summed E-state index contributed by atoms with van der Waals surface area (Å²) in [6, 6.07) is 0. The van der Waals surface area contributed by atoms with Crippen LogP contribution in [0.1, 0.15) is 32.3 Å². The molecule has 0 saturated carbocycles. The Labute approximate surface area is 104 Å². The van der Waals surface area contributed by atoms with Crippen LogP contribution in [0.2, 0.25) is 5.15 Å². The largest absolute Gasteiger partial charge is 0.397 e. The summed E-state index contributed by atoms with van der Waals surface area (Å²) < 4.78 is 0. The molecule has 0 atom stereocenters. The Morgan fingerprint density at radius 2 is 2.06 bits per heavy atom. The average molecular weight is 259 g/mol. The van der Waals surface area contributed by atoms with E-state index in [1.165, 1.54) is 11.9 Å². The van der Waals surface area contributed by atoms with Gasteiger partial charge in [-0.2, -0.15) is 0 Å². The van der Waals surface area contributed by atoms with E-state index >= 15 is 0 Å². The molecule has 0 aliphatic carbocycles. The first-order chi connectivity index (χ1) is 7.61. The van der Waals surface area contributed by atoms with E-state index in [-0.39, 0.29) is 6.61 Å². The molecule has 2 aromatic rings. The summed E-state index contributed by atoms with van der Waals surface area (Å²) in [6.07, 6.45) is 1.51. The zero-order valence-corrected chi connectivity index (χ0v) is 11.1. The van der Waals surface area contributed by atoms with E-state index in [2.05, 4.69) is 29.2 Å². The molecule has 0 radical (unpaired) electrons. The van der Waals surface area contributed by atoms with Crippen molar-refractivity contribution < 1.29 is 5.11 Å². The second-order valence-electron chi connectivity index (χ2n) is 3.51. The van der Waals surface area contributed by atoms with Crippen molar-refractivity contribution in [1.29, 1.82) is 0 Å². The normalized spacial score (nSPS) is 10.4.